The van der Waals surface area contributed by atoms with E-state index in [-0.39, 0.29) is 0 Å². The third-order valence-corrected chi connectivity index (χ3v) is 6.54. The Morgan fingerprint density at radius 2 is 1.56 bits per heavy atom. The molecule has 0 fully saturated rings. The molecular weight excluding hydrogens is 438 g/mol. The summed E-state index contributed by atoms with van der Waals surface area (Å²) >= 11 is 0. The first-order chi connectivity index (χ1) is 17.7. The van der Waals surface area contributed by atoms with Crippen molar-refractivity contribution in [2.24, 2.45) is 0 Å². The zero-order valence-electron chi connectivity index (χ0n) is 22.0. The number of nitrogens with zero attached hydrogens (tertiary/aromatic N) is 2. The second-order valence-corrected chi connectivity index (χ2v) is 9.33. The van der Waals surface area contributed by atoms with Gasteiger partial charge in [0.15, 0.2) is 0 Å². The Bertz CT molecular complexity index is 1270. The van der Waals surface area contributed by atoms with E-state index in [0.717, 1.165) is 39.0 Å². The van der Waals surface area contributed by atoms with Crippen molar-refractivity contribution < 1.29 is 0 Å². The van der Waals surface area contributed by atoms with Gasteiger partial charge in [-0.3, -0.25) is 4.90 Å². The Morgan fingerprint density at radius 3 is 2.25 bits per heavy atom. The van der Waals surface area contributed by atoms with Gasteiger partial charge in [-0.05, 0) is 60.0 Å². The summed E-state index contributed by atoms with van der Waals surface area (Å²) in [5, 5.41) is 1.27. The van der Waals surface area contributed by atoms with Crippen LogP contribution in [0.5, 0.6) is 0 Å². The van der Waals surface area contributed by atoms with Crippen LogP contribution in [0.1, 0.15) is 50.3 Å². The average molecular weight is 478 g/mol. The number of rotatable bonds is 12. The molecule has 3 heteroatoms. The number of nitrogens with one attached hydrogen (secondary N) is 1. The number of allylic oxidation sites excluding steroid dienone is 2. The maximum atomic E-state index is 3.31. The van der Waals surface area contributed by atoms with Crippen LogP contribution in [0.3, 0.4) is 0 Å². The molecule has 1 aromatic heterocycles. The van der Waals surface area contributed by atoms with Crippen molar-refractivity contribution in [2.45, 2.75) is 46.7 Å². The molecule has 4 aromatic rings. The molecule has 36 heavy (non-hydrogen) atoms. The topological polar surface area (TPSA) is 22.3 Å². The lowest BCUT2D eigenvalue weighted by Crippen LogP contribution is -2.33. The zero-order valence-corrected chi connectivity index (χ0v) is 22.0. The molecule has 0 saturated heterocycles. The van der Waals surface area contributed by atoms with Gasteiger partial charge in [-0.2, -0.15) is 0 Å². The fourth-order valence-electron chi connectivity index (χ4n) is 4.86. The van der Waals surface area contributed by atoms with Gasteiger partial charge in [-0.25, -0.2) is 0 Å². The highest BCUT2D eigenvalue weighted by Gasteiger charge is 2.18. The molecular formula is C33H39N3. The number of fused-ring (bicyclic) bond motifs is 1. The molecule has 3 aromatic carbocycles. The third kappa shape index (κ3) is 6.56. The molecule has 0 unspecified atom stereocenters. The van der Waals surface area contributed by atoms with E-state index >= 15 is 0 Å². The summed E-state index contributed by atoms with van der Waals surface area (Å²) in [6, 6.07) is 30.6. The fraction of sp³-hybridized carbons (Fsp3) is 0.273. The van der Waals surface area contributed by atoms with E-state index in [2.05, 4.69) is 133 Å². The second kappa shape index (κ2) is 12.9. The number of hydrogen-bond donors (Lipinski definition) is 1. The van der Waals surface area contributed by atoms with Crippen LogP contribution in [-0.2, 0) is 13.1 Å². The summed E-state index contributed by atoms with van der Waals surface area (Å²) in [6.07, 6.45) is 8.78. The van der Waals surface area contributed by atoms with Crippen LogP contribution in [0.4, 0.5) is 0 Å². The lowest BCUT2D eigenvalue weighted by atomic mass is 10.1. The molecule has 0 saturated carbocycles. The van der Waals surface area contributed by atoms with Gasteiger partial charge in [-0.1, -0.05) is 92.7 Å². The minimum atomic E-state index is 0.879. The molecule has 0 aliphatic carbocycles. The van der Waals surface area contributed by atoms with Gasteiger partial charge in [0.2, 0.25) is 0 Å². The summed E-state index contributed by atoms with van der Waals surface area (Å²) in [5.41, 5.74) is 7.79. The van der Waals surface area contributed by atoms with Gasteiger partial charge in [0.05, 0.1) is 0 Å². The fourth-order valence-corrected chi connectivity index (χ4v) is 4.86. The number of benzene rings is 3. The SMILES string of the molecule is C/C=C(/CN(Cc1ccccc1)Cc1ccc2[nH]ccc2c1)N(CCC)/C(=C/CC)c1ccccc1. The molecule has 4 rings (SSSR count). The summed E-state index contributed by atoms with van der Waals surface area (Å²) in [4.78, 5) is 8.41. The number of aromatic amines is 1. The minimum Gasteiger partial charge on any atom is -0.361 e. The minimum absolute atomic E-state index is 0.879. The summed E-state index contributed by atoms with van der Waals surface area (Å²) < 4.78 is 0. The van der Waals surface area contributed by atoms with E-state index in [9.17, 15) is 0 Å². The van der Waals surface area contributed by atoms with Gasteiger partial charge in [0, 0.05) is 49.3 Å². The standard InChI is InChI=1S/C33H39N3/c1-4-13-33(29-16-11-8-12-17-29)36(22-5-2)31(6-3)26-35(24-27-14-9-7-10-15-27)25-28-18-19-32-30(23-28)20-21-34-32/h6-21,23,34H,4-5,22,24-26H2,1-3H3/b31-6-,33-13+. The van der Waals surface area contributed by atoms with Crippen molar-refractivity contribution in [1.82, 2.24) is 14.8 Å². The predicted octanol–water partition coefficient (Wildman–Crippen LogP) is 8.24. The Balaban J connectivity index is 1.64. The third-order valence-electron chi connectivity index (χ3n) is 6.54. The molecule has 1 heterocycles. The van der Waals surface area contributed by atoms with Crippen molar-refractivity contribution >= 4 is 16.6 Å². The van der Waals surface area contributed by atoms with Crippen LogP contribution in [0.2, 0.25) is 0 Å². The second-order valence-electron chi connectivity index (χ2n) is 9.33. The van der Waals surface area contributed by atoms with E-state index < -0.39 is 0 Å². The highest BCUT2D eigenvalue weighted by Crippen LogP contribution is 2.26. The Kier molecular flexibility index (Phi) is 9.18. The van der Waals surface area contributed by atoms with Crippen molar-refractivity contribution in [2.75, 3.05) is 13.1 Å². The van der Waals surface area contributed by atoms with E-state index in [1.807, 2.05) is 6.20 Å². The van der Waals surface area contributed by atoms with Gasteiger partial charge < -0.3 is 9.88 Å². The van der Waals surface area contributed by atoms with E-state index in [1.165, 1.54) is 39.0 Å². The number of H-pyrrole nitrogens is 1. The molecule has 0 atom stereocenters. The molecule has 186 valence electrons. The Labute approximate surface area is 216 Å². The molecule has 0 amide bonds. The summed E-state index contributed by atoms with van der Waals surface area (Å²) in [5.74, 6) is 0. The molecule has 0 bridgehead atoms. The van der Waals surface area contributed by atoms with E-state index in [0.29, 0.717) is 0 Å². The number of hydrogen-bond acceptors (Lipinski definition) is 2. The van der Waals surface area contributed by atoms with Crippen LogP contribution in [0, 0.1) is 0 Å². The monoisotopic (exact) mass is 477 g/mol. The quantitative estimate of drug-likeness (QED) is 0.222. The Hall–Kier alpha value is -3.56. The normalized spacial score (nSPS) is 12.4. The molecule has 0 spiro atoms. The van der Waals surface area contributed by atoms with Crippen LogP contribution in [0.15, 0.2) is 109 Å². The summed E-state index contributed by atoms with van der Waals surface area (Å²) in [6.45, 7) is 10.3. The van der Waals surface area contributed by atoms with Crippen molar-refractivity contribution in [3.05, 3.63) is 126 Å². The van der Waals surface area contributed by atoms with Crippen LogP contribution in [0.25, 0.3) is 16.6 Å². The highest BCUT2D eigenvalue weighted by molar-refractivity contribution is 5.79. The summed E-state index contributed by atoms with van der Waals surface area (Å²) in [7, 11) is 0. The largest absolute Gasteiger partial charge is 0.361 e. The zero-order chi connectivity index (χ0) is 25.2. The van der Waals surface area contributed by atoms with Gasteiger partial charge >= 0.3 is 0 Å². The first-order valence-electron chi connectivity index (χ1n) is 13.2. The molecule has 3 nitrogen and oxygen atoms in total. The van der Waals surface area contributed by atoms with Crippen molar-refractivity contribution in [3.8, 4) is 0 Å². The van der Waals surface area contributed by atoms with Crippen LogP contribution in [-0.4, -0.2) is 27.9 Å². The predicted molar refractivity (Wildman–Crippen MR) is 154 cm³/mol. The smallest absolute Gasteiger partial charge is 0.0454 e. The first kappa shape index (κ1) is 25.5. The van der Waals surface area contributed by atoms with Crippen LogP contribution >= 0.6 is 0 Å². The van der Waals surface area contributed by atoms with E-state index in [4.69, 9.17) is 0 Å². The lowest BCUT2D eigenvalue weighted by Gasteiger charge is -2.34. The van der Waals surface area contributed by atoms with Crippen molar-refractivity contribution in [3.63, 3.8) is 0 Å². The van der Waals surface area contributed by atoms with E-state index in [1.54, 1.807) is 0 Å². The maximum absolute atomic E-state index is 3.31. The van der Waals surface area contributed by atoms with Gasteiger partial charge in [-0.15, -0.1) is 0 Å². The van der Waals surface area contributed by atoms with Gasteiger partial charge in [0.25, 0.3) is 0 Å². The number of aromatic nitrogens is 1. The molecule has 1 N–H and O–H groups in total. The van der Waals surface area contributed by atoms with Crippen molar-refractivity contribution in [1.29, 1.82) is 0 Å². The van der Waals surface area contributed by atoms with Gasteiger partial charge in [0.1, 0.15) is 0 Å². The Morgan fingerprint density at radius 1 is 0.833 bits per heavy atom. The lowest BCUT2D eigenvalue weighted by molar-refractivity contribution is 0.257. The molecule has 0 radical (unpaired) electrons. The average Bonchev–Trinajstić information content (AvgIpc) is 3.38. The first-order valence-corrected chi connectivity index (χ1v) is 13.2. The highest BCUT2D eigenvalue weighted by atomic mass is 15.2. The maximum Gasteiger partial charge on any atom is 0.0454 e. The molecule has 0 aliphatic heterocycles. The van der Waals surface area contributed by atoms with Crippen LogP contribution < -0.4 is 0 Å². The molecule has 0 aliphatic rings.